The van der Waals surface area contributed by atoms with Gasteiger partial charge in [-0.3, -0.25) is 0 Å². The van der Waals surface area contributed by atoms with Crippen molar-refractivity contribution in [3.63, 3.8) is 0 Å². The number of nitrogens with zero attached hydrogens (tertiary/aromatic N) is 2. The van der Waals surface area contributed by atoms with Gasteiger partial charge in [-0.15, -0.1) is 0 Å². The summed E-state index contributed by atoms with van der Waals surface area (Å²) in [5, 5.41) is 0. The van der Waals surface area contributed by atoms with Gasteiger partial charge in [-0.25, -0.2) is 14.2 Å². The van der Waals surface area contributed by atoms with Crippen LogP contribution in [0, 0.1) is 5.82 Å². The second-order valence-electron chi connectivity index (χ2n) is 11.8. The molecular formula is C34H28F4N2O3. The molecule has 0 N–H and O–H groups in total. The fourth-order valence-corrected chi connectivity index (χ4v) is 6.42. The highest BCUT2D eigenvalue weighted by molar-refractivity contribution is 5.79. The number of carbonyl (C=O) groups excluding carboxylic acids is 1. The molecule has 1 aliphatic carbocycles. The Hall–Kier alpha value is -4.24. The van der Waals surface area contributed by atoms with E-state index >= 15 is 0 Å². The zero-order chi connectivity index (χ0) is 30.0. The van der Waals surface area contributed by atoms with E-state index in [-0.39, 0.29) is 30.5 Å². The zero-order valence-corrected chi connectivity index (χ0v) is 23.3. The molecule has 7 rings (SSSR count). The molecule has 1 aromatic heterocycles. The van der Waals surface area contributed by atoms with E-state index in [1.165, 1.54) is 30.3 Å². The molecule has 0 spiro atoms. The second-order valence-corrected chi connectivity index (χ2v) is 11.8. The molecule has 3 aliphatic rings. The van der Waals surface area contributed by atoms with Gasteiger partial charge in [-0.05, 0) is 70.6 Å². The molecule has 220 valence electrons. The molecule has 0 saturated carbocycles. The third-order valence-electron chi connectivity index (χ3n) is 9.03. The average molecular weight is 589 g/mol. The molecule has 1 amide bonds. The number of hydrogen-bond acceptors (Lipinski definition) is 4. The van der Waals surface area contributed by atoms with Crippen LogP contribution in [0.4, 0.5) is 22.4 Å². The van der Waals surface area contributed by atoms with Gasteiger partial charge in [0.1, 0.15) is 12.4 Å². The van der Waals surface area contributed by atoms with Crippen LogP contribution >= 0.6 is 0 Å². The molecule has 2 aliphatic heterocycles. The van der Waals surface area contributed by atoms with E-state index in [1.54, 1.807) is 11.0 Å². The van der Waals surface area contributed by atoms with Crippen molar-refractivity contribution >= 4 is 6.09 Å². The van der Waals surface area contributed by atoms with Crippen molar-refractivity contribution in [2.45, 2.75) is 36.5 Å². The monoisotopic (exact) mass is 588 g/mol. The van der Waals surface area contributed by atoms with Crippen LogP contribution in [0.2, 0.25) is 0 Å². The summed E-state index contributed by atoms with van der Waals surface area (Å²) in [7, 11) is 0. The largest absolute Gasteiger partial charge is 0.448 e. The van der Waals surface area contributed by atoms with Crippen LogP contribution in [-0.2, 0) is 20.5 Å². The lowest BCUT2D eigenvalue weighted by atomic mass is 9.80. The number of pyridine rings is 1. The number of amides is 1. The minimum Gasteiger partial charge on any atom is -0.448 e. The van der Waals surface area contributed by atoms with Gasteiger partial charge in [0.15, 0.2) is 0 Å². The van der Waals surface area contributed by atoms with E-state index in [9.17, 15) is 22.4 Å². The van der Waals surface area contributed by atoms with Crippen LogP contribution in [-0.4, -0.2) is 48.5 Å². The fourth-order valence-electron chi connectivity index (χ4n) is 6.42. The highest BCUT2D eigenvalue weighted by atomic mass is 19.4. The zero-order valence-electron chi connectivity index (χ0n) is 23.3. The Morgan fingerprint density at radius 3 is 2.23 bits per heavy atom. The maximum absolute atomic E-state index is 14.1. The predicted molar refractivity (Wildman–Crippen MR) is 152 cm³/mol. The minimum absolute atomic E-state index is 0.0801. The summed E-state index contributed by atoms with van der Waals surface area (Å²) in [5.74, 6) is -0.539. The van der Waals surface area contributed by atoms with E-state index in [1.807, 2.05) is 31.2 Å². The van der Waals surface area contributed by atoms with Crippen molar-refractivity contribution in [2.24, 2.45) is 0 Å². The first-order valence-corrected chi connectivity index (χ1v) is 14.2. The summed E-state index contributed by atoms with van der Waals surface area (Å²) < 4.78 is 66.6. The van der Waals surface area contributed by atoms with Gasteiger partial charge < -0.3 is 14.4 Å². The Kier molecular flexibility index (Phi) is 6.36. The lowest BCUT2D eigenvalue weighted by Gasteiger charge is -2.27. The molecule has 0 radical (unpaired) electrons. The number of likely N-dealkylation sites (tertiary alicyclic amines) is 1. The topological polar surface area (TPSA) is 55.0 Å². The fraction of sp³-hybridized carbons (Fsp3) is 0.294. The van der Waals surface area contributed by atoms with E-state index in [4.69, 9.17) is 9.47 Å². The van der Waals surface area contributed by atoms with Gasteiger partial charge in [0, 0.05) is 30.0 Å². The third-order valence-corrected chi connectivity index (χ3v) is 9.03. The molecule has 0 bridgehead atoms. The first-order valence-electron chi connectivity index (χ1n) is 14.2. The van der Waals surface area contributed by atoms with Crippen LogP contribution in [0.5, 0.6) is 0 Å². The highest BCUT2D eigenvalue weighted by Crippen LogP contribution is 2.52. The molecule has 4 aromatic rings. The van der Waals surface area contributed by atoms with Gasteiger partial charge in [-0.1, -0.05) is 55.5 Å². The maximum atomic E-state index is 14.1. The van der Waals surface area contributed by atoms with Crippen molar-refractivity contribution in [3.8, 4) is 22.4 Å². The van der Waals surface area contributed by atoms with E-state index in [2.05, 4.69) is 29.2 Å². The molecule has 9 heteroatoms. The molecule has 2 saturated heterocycles. The highest BCUT2D eigenvalue weighted by Gasteiger charge is 2.68. The van der Waals surface area contributed by atoms with E-state index < -0.39 is 35.7 Å². The number of halogens is 4. The number of aromatic nitrogens is 1. The number of alkyl halides is 3. The van der Waals surface area contributed by atoms with Crippen molar-refractivity contribution in [1.29, 1.82) is 0 Å². The Bertz CT molecular complexity index is 1670. The lowest BCUT2D eigenvalue weighted by Crippen LogP contribution is -2.35. The number of fused-ring (bicyclic) bond motifs is 3. The van der Waals surface area contributed by atoms with Crippen molar-refractivity contribution < 1.29 is 31.8 Å². The summed E-state index contributed by atoms with van der Waals surface area (Å²) in [6.45, 7) is 2.23. The van der Waals surface area contributed by atoms with Gasteiger partial charge >= 0.3 is 12.3 Å². The van der Waals surface area contributed by atoms with Crippen LogP contribution in [0.15, 0.2) is 84.9 Å². The van der Waals surface area contributed by atoms with Gasteiger partial charge in [-0.2, -0.15) is 13.2 Å². The quantitative estimate of drug-likeness (QED) is 0.178. The minimum atomic E-state index is -4.65. The van der Waals surface area contributed by atoms with Crippen molar-refractivity contribution in [2.75, 3.05) is 26.3 Å². The number of rotatable bonds is 5. The standard InChI is InChI=1S/C34H28F4N2O3/c1-32(22-16-29(21-10-12-23(35)13-11-21)39-30(17-22)33(20-43-33)34(36,37)38)14-15-40(19-32)31(41)42-18-28-26-8-4-2-6-24(26)25-7-3-5-9-27(25)28/h2-13,16-17,28H,14-15,18-20H2,1H3. The Labute approximate surface area is 246 Å². The molecule has 3 heterocycles. The number of ether oxygens (including phenoxy) is 2. The number of epoxide rings is 1. The summed E-state index contributed by atoms with van der Waals surface area (Å²) >= 11 is 0. The summed E-state index contributed by atoms with van der Waals surface area (Å²) in [4.78, 5) is 19.3. The first kappa shape index (κ1) is 27.6. The van der Waals surface area contributed by atoms with Crippen molar-refractivity contribution in [3.05, 3.63) is 113 Å². The molecular weight excluding hydrogens is 560 g/mol. The lowest BCUT2D eigenvalue weighted by molar-refractivity contribution is -0.188. The molecule has 5 nitrogen and oxygen atoms in total. The molecule has 3 aromatic carbocycles. The summed E-state index contributed by atoms with van der Waals surface area (Å²) in [6, 6.07) is 24.8. The Balaban J connectivity index is 1.14. The third kappa shape index (κ3) is 4.66. The normalized spacial score (nSPS) is 22.8. The van der Waals surface area contributed by atoms with E-state index in [0.717, 1.165) is 22.3 Å². The molecule has 43 heavy (non-hydrogen) atoms. The number of hydrogen-bond donors (Lipinski definition) is 0. The van der Waals surface area contributed by atoms with Gasteiger partial charge in [0.2, 0.25) is 5.60 Å². The smallest absolute Gasteiger partial charge is 0.425 e. The maximum Gasteiger partial charge on any atom is 0.425 e. The summed E-state index contributed by atoms with van der Waals surface area (Å²) in [6.07, 6.45) is -4.60. The van der Waals surface area contributed by atoms with Gasteiger partial charge in [0.25, 0.3) is 0 Å². The number of carbonyl (C=O) groups is 1. The van der Waals surface area contributed by atoms with Crippen LogP contribution < -0.4 is 0 Å². The second kappa shape index (κ2) is 9.91. The summed E-state index contributed by atoms with van der Waals surface area (Å²) in [5.41, 5.74) is 2.48. The van der Waals surface area contributed by atoms with E-state index in [0.29, 0.717) is 24.1 Å². The SMILES string of the molecule is CC1(c2cc(-c3ccc(F)cc3)nc(C3(C(F)(F)F)CO3)c2)CCN(C(=O)OCC2c3ccccc3-c3ccccc32)C1. The van der Waals surface area contributed by atoms with Gasteiger partial charge in [0.05, 0.1) is 18.0 Å². The molecule has 2 atom stereocenters. The first-order chi connectivity index (χ1) is 20.6. The Morgan fingerprint density at radius 2 is 1.63 bits per heavy atom. The number of benzene rings is 3. The van der Waals surface area contributed by atoms with Crippen LogP contribution in [0.1, 0.15) is 41.6 Å². The van der Waals surface area contributed by atoms with Crippen molar-refractivity contribution in [1.82, 2.24) is 9.88 Å². The molecule has 2 fully saturated rings. The van der Waals surface area contributed by atoms with Crippen LogP contribution in [0.25, 0.3) is 22.4 Å². The Morgan fingerprint density at radius 1 is 1.00 bits per heavy atom. The molecule has 2 unspecified atom stereocenters. The van der Waals surface area contributed by atoms with Crippen LogP contribution in [0.3, 0.4) is 0 Å². The average Bonchev–Trinajstić information content (AvgIpc) is 3.65. The predicted octanol–water partition coefficient (Wildman–Crippen LogP) is 7.59.